The van der Waals surface area contributed by atoms with Crippen LogP contribution in [0.2, 0.25) is 0 Å². The molecule has 1 amide bonds. The van der Waals surface area contributed by atoms with Crippen LogP contribution in [0.3, 0.4) is 0 Å². The van der Waals surface area contributed by atoms with Gasteiger partial charge in [0.2, 0.25) is 5.91 Å². The number of rotatable bonds is 5. The van der Waals surface area contributed by atoms with Crippen molar-refractivity contribution in [1.29, 1.82) is 5.26 Å². The maximum absolute atomic E-state index is 12.5. The molecule has 2 aromatic rings. The minimum absolute atomic E-state index is 0.0387. The van der Waals surface area contributed by atoms with Gasteiger partial charge >= 0.3 is 0 Å². The molecule has 2 N–H and O–H groups in total. The van der Waals surface area contributed by atoms with Gasteiger partial charge in [-0.3, -0.25) is 4.79 Å². The third kappa shape index (κ3) is 3.44. The molecule has 4 rings (SSSR count). The van der Waals surface area contributed by atoms with Gasteiger partial charge in [0.15, 0.2) is 0 Å². The zero-order valence-corrected chi connectivity index (χ0v) is 14.4. The third-order valence-electron chi connectivity index (χ3n) is 5.43. The molecule has 1 aliphatic heterocycles. The van der Waals surface area contributed by atoms with E-state index in [4.69, 9.17) is 0 Å². The number of carbonyl (C=O) groups is 1. The number of hydrogen-bond donors (Lipinski definition) is 2. The average Bonchev–Trinajstić information content (AvgIpc) is 3.32. The number of nitriles is 1. The van der Waals surface area contributed by atoms with Gasteiger partial charge in [0.1, 0.15) is 6.04 Å². The Balaban J connectivity index is 1.37. The molecule has 1 aromatic carbocycles. The Hall–Kier alpha value is -2.78. The molecule has 26 heavy (non-hydrogen) atoms. The fourth-order valence-corrected chi connectivity index (χ4v) is 4.07. The molecule has 4 atom stereocenters. The molecule has 0 spiro atoms. The monoisotopic (exact) mass is 347 g/mol. The molecular formula is C20H21N5O. The van der Waals surface area contributed by atoms with E-state index in [0.717, 1.165) is 36.0 Å². The van der Waals surface area contributed by atoms with Crippen LogP contribution in [0.5, 0.6) is 0 Å². The first-order chi connectivity index (χ1) is 12.7. The van der Waals surface area contributed by atoms with Gasteiger partial charge in [0.05, 0.1) is 24.5 Å². The van der Waals surface area contributed by atoms with Crippen LogP contribution in [0.25, 0.3) is 11.1 Å². The highest BCUT2D eigenvalue weighted by molar-refractivity contribution is 5.83. The van der Waals surface area contributed by atoms with Crippen molar-refractivity contribution in [3.63, 3.8) is 0 Å². The maximum Gasteiger partial charge on any atom is 0.238 e. The van der Waals surface area contributed by atoms with E-state index < -0.39 is 6.04 Å². The van der Waals surface area contributed by atoms with Gasteiger partial charge < -0.3 is 10.6 Å². The van der Waals surface area contributed by atoms with Crippen LogP contribution in [-0.2, 0) is 11.2 Å². The second-order valence-corrected chi connectivity index (χ2v) is 7.14. The standard InChI is InChI=1S/C20H21N5O/c21-11-18(25-20(26)19-15-5-6-17(10-15)24-19)9-13-1-3-14(4-2-13)16-7-8-22-23-12-16/h1-4,7-8,12,15,17-19,24H,5-6,9-10H2,(H,25,26). The summed E-state index contributed by atoms with van der Waals surface area (Å²) in [4.78, 5) is 12.5. The van der Waals surface area contributed by atoms with E-state index in [1.807, 2.05) is 30.3 Å². The molecule has 132 valence electrons. The van der Waals surface area contributed by atoms with E-state index in [2.05, 4.69) is 26.9 Å². The van der Waals surface area contributed by atoms with E-state index in [-0.39, 0.29) is 11.9 Å². The van der Waals surface area contributed by atoms with Crippen LogP contribution in [0, 0.1) is 17.2 Å². The number of nitrogens with one attached hydrogen (secondary N) is 2. The number of benzene rings is 1. The quantitative estimate of drug-likeness (QED) is 0.861. The van der Waals surface area contributed by atoms with Gasteiger partial charge in [0.25, 0.3) is 0 Å². The molecule has 2 aliphatic rings. The summed E-state index contributed by atoms with van der Waals surface area (Å²) in [6.45, 7) is 0. The van der Waals surface area contributed by atoms with E-state index >= 15 is 0 Å². The summed E-state index contributed by atoms with van der Waals surface area (Å²) in [5.41, 5.74) is 3.06. The summed E-state index contributed by atoms with van der Waals surface area (Å²) in [5.74, 6) is 0.385. The average molecular weight is 347 g/mol. The number of carbonyl (C=O) groups excluding carboxylic acids is 1. The molecule has 2 heterocycles. The van der Waals surface area contributed by atoms with Gasteiger partial charge in [-0.2, -0.15) is 15.5 Å². The zero-order chi connectivity index (χ0) is 17.9. The molecule has 6 heteroatoms. The predicted octanol–water partition coefficient (Wildman–Crippen LogP) is 1.83. The van der Waals surface area contributed by atoms with Crippen molar-refractivity contribution in [1.82, 2.24) is 20.8 Å². The van der Waals surface area contributed by atoms with E-state index in [9.17, 15) is 10.1 Å². The van der Waals surface area contributed by atoms with Gasteiger partial charge in [0, 0.05) is 18.0 Å². The Labute approximate surface area is 152 Å². The molecule has 2 bridgehead atoms. The molecule has 1 saturated heterocycles. The summed E-state index contributed by atoms with van der Waals surface area (Å²) in [7, 11) is 0. The topological polar surface area (TPSA) is 90.7 Å². The van der Waals surface area contributed by atoms with Crippen LogP contribution in [-0.4, -0.2) is 34.2 Å². The Morgan fingerprint density at radius 1 is 1.23 bits per heavy atom. The summed E-state index contributed by atoms with van der Waals surface area (Å²) in [5, 5.41) is 23.4. The van der Waals surface area contributed by atoms with Crippen molar-refractivity contribution in [2.75, 3.05) is 0 Å². The minimum atomic E-state index is -0.517. The lowest BCUT2D eigenvalue weighted by Gasteiger charge is -2.23. The second kappa shape index (κ2) is 7.22. The first kappa shape index (κ1) is 16.7. The highest BCUT2D eigenvalue weighted by atomic mass is 16.2. The van der Waals surface area contributed by atoms with Crippen molar-refractivity contribution in [3.8, 4) is 17.2 Å². The van der Waals surface area contributed by atoms with Crippen LogP contribution >= 0.6 is 0 Å². The van der Waals surface area contributed by atoms with Gasteiger partial charge in [-0.15, -0.1) is 0 Å². The smallest absolute Gasteiger partial charge is 0.238 e. The van der Waals surface area contributed by atoms with E-state index in [1.165, 1.54) is 0 Å². The first-order valence-electron chi connectivity index (χ1n) is 9.05. The molecule has 2 fully saturated rings. The van der Waals surface area contributed by atoms with Crippen molar-refractivity contribution in [3.05, 3.63) is 48.3 Å². The molecule has 1 aliphatic carbocycles. The van der Waals surface area contributed by atoms with Crippen LogP contribution in [0.1, 0.15) is 24.8 Å². The SMILES string of the molecule is N#CC(Cc1ccc(-c2ccnnc2)cc1)NC(=O)C1NC2CCC1C2. The summed E-state index contributed by atoms with van der Waals surface area (Å²) >= 11 is 0. The normalized spacial score (nSPS) is 24.8. The Morgan fingerprint density at radius 2 is 2.08 bits per heavy atom. The van der Waals surface area contributed by atoms with Gasteiger partial charge in [-0.25, -0.2) is 0 Å². The highest BCUT2D eigenvalue weighted by Crippen LogP contribution is 2.35. The van der Waals surface area contributed by atoms with E-state index in [0.29, 0.717) is 18.4 Å². The van der Waals surface area contributed by atoms with Crippen LogP contribution in [0.15, 0.2) is 42.7 Å². The summed E-state index contributed by atoms with van der Waals surface area (Å²) in [6, 6.07) is 11.9. The molecule has 6 nitrogen and oxygen atoms in total. The number of piperidine rings is 1. The third-order valence-corrected chi connectivity index (χ3v) is 5.43. The lowest BCUT2D eigenvalue weighted by molar-refractivity contribution is -0.124. The fourth-order valence-electron chi connectivity index (χ4n) is 4.07. The predicted molar refractivity (Wildman–Crippen MR) is 96.8 cm³/mol. The molecule has 4 unspecified atom stereocenters. The zero-order valence-electron chi connectivity index (χ0n) is 14.4. The van der Waals surface area contributed by atoms with Crippen LogP contribution < -0.4 is 10.6 Å². The largest absolute Gasteiger partial charge is 0.339 e. The number of hydrogen-bond acceptors (Lipinski definition) is 5. The highest BCUT2D eigenvalue weighted by Gasteiger charge is 2.42. The fraction of sp³-hybridized carbons (Fsp3) is 0.400. The van der Waals surface area contributed by atoms with Gasteiger partial charge in [-0.1, -0.05) is 24.3 Å². The molecule has 1 aromatic heterocycles. The summed E-state index contributed by atoms with van der Waals surface area (Å²) in [6.07, 6.45) is 7.23. The summed E-state index contributed by atoms with van der Waals surface area (Å²) < 4.78 is 0. The van der Waals surface area contributed by atoms with Crippen molar-refractivity contribution in [2.24, 2.45) is 5.92 Å². The first-order valence-corrected chi connectivity index (χ1v) is 9.05. The minimum Gasteiger partial charge on any atom is -0.339 e. The maximum atomic E-state index is 12.5. The number of aromatic nitrogens is 2. The lowest BCUT2D eigenvalue weighted by atomic mass is 9.98. The Kier molecular flexibility index (Phi) is 4.63. The molecule has 0 radical (unpaired) electrons. The van der Waals surface area contributed by atoms with E-state index in [1.54, 1.807) is 12.4 Å². The Morgan fingerprint density at radius 3 is 2.69 bits per heavy atom. The lowest BCUT2D eigenvalue weighted by Crippen LogP contribution is -2.50. The Bertz CT molecular complexity index is 814. The van der Waals surface area contributed by atoms with Crippen molar-refractivity contribution < 1.29 is 4.79 Å². The number of nitrogens with zero attached hydrogens (tertiary/aromatic N) is 3. The number of fused-ring (bicyclic) bond motifs is 2. The second-order valence-electron chi connectivity index (χ2n) is 7.14. The molecule has 1 saturated carbocycles. The van der Waals surface area contributed by atoms with Gasteiger partial charge in [-0.05, 0) is 42.4 Å². The van der Waals surface area contributed by atoms with Crippen molar-refractivity contribution >= 4 is 5.91 Å². The van der Waals surface area contributed by atoms with Crippen molar-refractivity contribution in [2.45, 2.75) is 43.8 Å². The van der Waals surface area contributed by atoms with Crippen LogP contribution in [0.4, 0.5) is 0 Å². The number of amides is 1. The molecular weight excluding hydrogens is 326 g/mol.